The quantitative estimate of drug-likeness (QED) is 0.770. The summed E-state index contributed by atoms with van der Waals surface area (Å²) >= 11 is 1.51. The van der Waals surface area contributed by atoms with Gasteiger partial charge in [-0.15, -0.1) is 0 Å². The first-order valence-corrected chi connectivity index (χ1v) is 8.28. The van der Waals surface area contributed by atoms with E-state index in [0.29, 0.717) is 0 Å². The van der Waals surface area contributed by atoms with Crippen LogP contribution in [-0.2, 0) is 6.42 Å². The van der Waals surface area contributed by atoms with E-state index in [9.17, 15) is 4.79 Å². The van der Waals surface area contributed by atoms with E-state index in [1.54, 1.807) is 14.2 Å². The lowest BCUT2D eigenvalue weighted by Gasteiger charge is -2.14. The summed E-state index contributed by atoms with van der Waals surface area (Å²) in [5.74, 6) is 1.64. The Labute approximate surface area is 140 Å². The van der Waals surface area contributed by atoms with Gasteiger partial charge in [0.05, 0.1) is 19.1 Å². The van der Waals surface area contributed by atoms with Crippen LogP contribution in [0.2, 0.25) is 0 Å². The highest BCUT2D eigenvalue weighted by Crippen LogP contribution is 2.42. The molecule has 0 saturated carbocycles. The molecule has 1 aliphatic heterocycles. The van der Waals surface area contributed by atoms with Gasteiger partial charge >= 0.3 is 0 Å². The van der Waals surface area contributed by atoms with E-state index in [4.69, 9.17) is 9.47 Å². The van der Waals surface area contributed by atoms with Gasteiger partial charge in [-0.2, -0.15) is 0 Å². The summed E-state index contributed by atoms with van der Waals surface area (Å²) in [4.78, 5) is 14.2. The molecule has 0 aromatic heterocycles. The summed E-state index contributed by atoms with van der Waals surface area (Å²) in [5.41, 5.74) is 2.68. The highest BCUT2D eigenvalue weighted by Gasteiger charge is 2.26. The fourth-order valence-corrected chi connectivity index (χ4v) is 3.83. The average Bonchev–Trinajstić information content (AvgIpc) is 2.90. The molecule has 0 unspecified atom stereocenters. The van der Waals surface area contributed by atoms with Gasteiger partial charge in [0.15, 0.2) is 0 Å². The van der Waals surface area contributed by atoms with Crippen LogP contribution in [0.5, 0.6) is 11.5 Å². The van der Waals surface area contributed by atoms with Crippen LogP contribution < -0.4 is 9.47 Å². The molecule has 0 amide bonds. The molecule has 4 heteroatoms. The minimum atomic E-state index is 0.0709. The maximum Gasteiger partial charge on any atom is 0.200 e. The predicted octanol–water partition coefficient (Wildman–Crippen LogP) is 4.60. The molecular formula is C19H18O3S. The first-order chi connectivity index (χ1) is 11.2. The molecule has 1 heterocycles. The topological polar surface area (TPSA) is 35.5 Å². The van der Waals surface area contributed by atoms with Gasteiger partial charge in [0, 0.05) is 21.6 Å². The van der Waals surface area contributed by atoms with Crippen LogP contribution in [0.4, 0.5) is 0 Å². The third-order valence-corrected chi connectivity index (χ3v) is 4.99. The number of carbonyl (C=O) groups is 1. The van der Waals surface area contributed by atoms with Crippen LogP contribution >= 0.6 is 11.8 Å². The van der Waals surface area contributed by atoms with E-state index in [1.165, 1.54) is 11.8 Å². The summed E-state index contributed by atoms with van der Waals surface area (Å²) in [6.45, 7) is 2.06. The Hall–Kier alpha value is -2.20. The molecule has 0 radical (unpaired) electrons. The lowest BCUT2D eigenvalue weighted by atomic mass is 10.0. The molecule has 0 bridgehead atoms. The minimum absolute atomic E-state index is 0.0709. The zero-order valence-corrected chi connectivity index (χ0v) is 14.2. The summed E-state index contributed by atoms with van der Waals surface area (Å²) in [7, 11) is 3.30. The van der Waals surface area contributed by atoms with Crippen molar-refractivity contribution in [2.24, 2.45) is 0 Å². The SMILES string of the molecule is CCc1c(OC)ccc(C=C2Sc3ccccc3C2=O)c1OC. The fourth-order valence-electron chi connectivity index (χ4n) is 2.79. The van der Waals surface area contributed by atoms with Crippen LogP contribution in [0, 0.1) is 0 Å². The molecular weight excluding hydrogens is 308 g/mol. The Balaban J connectivity index is 2.06. The van der Waals surface area contributed by atoms with Crippen molar-refractivity contribution in [3.63, 3.8) is 0 Å². The number of allylic oxidation sites excluding steroid dienone is 1. The van der Waals surface area contributed by atoms with Gasteiger partial charge in [-0.05, 0) is 36.8 Å². The third-order valence-electron chi connectivity index (χ3n) is 3.89. The maximum atomic E-state index is 12.5. The molecule has 3 nitrogen and oxygen atoms in total. The zero-order chi connectivity index (χ0) is 16.4. The molecule has 0 spiro atoms. The Morgan fingerprint density at radius 2 is 1.87 bits per heavy atom. The van der Waals surface area contributed by atoms with E-state index >= 15 is 0 Å². The number of hydrogen-bond acceptors (Lipinski definition) is 4. The number of hydrogen-bond donors (Lipinski definition) is 0. The molecule has 0 N–H and O–H groups in total. The number of thioether (sulfide) groups is 1. The van der Waals surface area contributed by atoms with Gasteiger partial charge in [0.2, 0.25) is 5.78 Å². The Morgan fingerprint density at radius 3 is 2.52 bits per heavy atom. The number of benzene rings is 2. The molecule has 118 valence electrons. The molecule has 0 aliphatic carbocycles. The minimum Gasteiger partial charge on any atom is -0.496 e. The average molecular weight is 326 g/mol. The lowest BCUT2D eigenvalue weighted by Crippen LogP contribution is -1.99. The van der Waals surface area contributed by atoms with Gasteiger partial charge in [-0.25, -0.2) is 0 Å². The number of fused-ring (bicyclic) bond motifs is 1. The second-order valence-electron chi connectivity index (χ2n) is 5.16. The number of methoxy groups -OCH3 is 2. The second kappa shape index (κ2) is 6.50. The van der Waals surface area contributed by atoms with Crippen molar-refractivity contribution in [1.29, 1.82) is 0 Å². The summed E-state index contributed by atoms with van der Waals surface area (Å²) in [6, 6.07) is 11.5. The number of rotatable bonds is 4. The predicted molar refractivity (Wildman–Crippen MR) is 93.5 cm³/mol. The Morgan fingerprint density at radius 1 is 1.09 bits per heavy atom. The molecule has 0 saturated heterocycles. The molecule has 0 fully saturated rings. The summed E-state index contributed by atoms with van der Waals surface area (Å²) in [5, 5.41) is 0. The monoisotopic (exact) mass is 326 g/mol. The van der Waals surface area contributed by atoms with Gasteiger partial charge in [0.1, 0.15) is 11.5 Å². The smallest absolute Gasteiger partial charge is 0.200 e. The van der Waals surface area contributed by atoms with Crippen LogP contribution in [-0.4, -0.2) is 20.0 Å². The number of Topliss-reactive ketones (excluding diaryl/α,β-unsaturated/α-hetero) is 1. The number of carbonyl (C=O) groups excluding carboxylic acids is 1. The number of ether oxygens (including phenoxy) is 2. The fraction of sp³-hybridized carbons (Fsp3) is 0.211. The standard InChI is InChI=1S/C19H18O3S/c1-4-13-15(21-2)10-9-12(19(13)22-3)11-17-18(20)14-7-5-6-8-16(14)23-17/h5-11H,4H2,1-3H3. The van der Waals surface area contributed by atoms with E-state index in [0.717, 1.165) is 44.4 Å². The van der Waals surface area contributed by atoms with E-state index in [1.807, 2.05) is 42.5 Å². The Kier molecular flexibility index (Phi) is 4.44. The molecule has 1 aliphatic rings. The highest BCUT2D eigenvalue weighted by atomic mass is 32.2. The first-order valence-electron chi connectivity index (χ1n) is 7.46. The van der Waals surface area contributed by atoms with Crippen LogP contribution in [0.15, 0.2) is 46.2 Å². The van der Waals surface area contributed by atoms with Crippen LogP contribution in [0.3, 0.4) is 0 Å². The van der Waals surface area contributed by atoms with Crippen molar-refractivity contribution < 1.29 is 14.3 Å². The second-order valence-corrected chi connectivity index (χ2v) is 6.24. The Bertz CT molecular complexity index is 793. The van der Waals surface area contributed by atoms with E-state index in [-0.39, 0.29) is 5.78 Å². The van der Waals surface area contributed by atoms with Crippen LogP contribution in [0.1, 0.15) is 28.4 Å². The lowest BCUT2D eigenvalue weighted by molar-refractivity contribution is 0.104. The molecule has 2 aromatic rings. The van der Waals surface area contributed by atoms with Crippen molar-refractivity contribution in [2.45, 2.75) is 18.2 Å². The van der Waals surface area contributed by atoms with Gasteiger partial charge in [-0.1, -0.05) is 30.8 Å². The van der Waals surface area contributed by atoms with E-state index in [2.05, 4.69) is 6.92 Å². The molecule has 2 aromatic carbocycles. The van der Waals surface area contributed by atoms with Gasteiger partial charge in [-0.3, -0.25) is 4.79 Å². The maximum absolute atomic E-state index is 12.5. The normalized spacial score (nSPS) is 14.9. The molecule has 23 heavy (non-hydrogen) atoms. The summed E-state index contributed by atoms with van der Waals surface area (Å²) < 4.78 is 11.0. The van der Waals surface area contributed by atoms with Crippen molar-refractivity contribution in [2.75, 3.05) is 14.2 Å². The van der Waals surface area contributed by atoms with Crippen molar-refractivity contribution in [1.82, 2.24) is 0 Å². The van der Waals surface area contributed by atoms with E-state index < -0.39 is 0 Å². The van der Waals surface area contributed by atoms with Gasteiger partial charge < -0.3 is 9.47 Å². The first kappa shape index (κ1) is 15.7. The molecule has 3 rings (SSSR count). The van der Waals surface area contributed by atoms with Crippen LogP contribution in [0.25, 0.3) is 6.08 Å². The number of ketones is 1. The van der Waals surface area contributed by atoms with Crippen molar-refractivity contribution in [3.8, 4) is 11.5 Å². The van der Waals surface area contributed by atoms with Gasteiger partial charge in [0.25, 0.3) is 0 Å². The zero-order valence-electron chi connectivity index (χ0n) is 13.4. The third kappa shape index (κ3) is 2.75. The van der Waals surface area contributed by atoms with Crippen molar-refractivity contribution in [3.05, 3.63) is 58.0 Å². The summed E-state index contributed by atoms with van der Waals surface area (Å²) in [6.07, 6.45) is 2.70. The molecule has 0 atom stereocenters. The largest absolute Gasteiger partial charge is 0.496 e. The highest BCUT2D eigenvalue weighted by molar-refractivity contribution is 8.04. The van der Waals surface area contributed by atoms with Crippen molar-refractivity contribution >= 4 is 23.6 Å².